The Morgan fingerprint density at radius 2 is 1.80 bits per heavy atom. The molecule has 25 heavy (non-hydrogen) atoms. The lowest BCUT2D eigenvalue weighted by Crippen LogP contribution is -2.27. The minimum absolute atomic E-state index is 0.152. The molecular formula is C19H20N4O2. The Hall–Kier alpha value is -2.99. The number of rotatable bonds is 6. The molecule has 2 N–H and O–H groups in total. The van der Waals surface area contributed by atoms with Crippen LogP contribution in [0.4, 0.5) is 0 Å². The quantitative estimate of drug-likeness (QED) is 0.722. The summed E-state index contributed by atoms with van der Waals surface area (Å²) in [6.07, 6.45) is 0.729. The van der Waals surface area contributed by atoms with E-state index < -0.39 is 0 Å². The molecule has 6 nitrogen and oxygen atoms in total. The zero-order valence-corrected chi connectivity index (χ0v) is 14.0. The van der Waals surface area contributed by atoms with Crippen LogP contribution < -0.4 is 5.32 Å². The van der Waals surface area contributed by atoms with Crippen LogP contribution in [0.15, 0.2) is 54.6 Å². The van der Waals surface area contributed by atoms with Gasteiger partial charge in [-0.05, 0) is 30.5 Å². The molecule has 0 bridgehead atoms. The number of benzene rings is 2. The van der Waals surface area contributed by atoms with Crippen molar-refractivity contribution in [2.45, 2.75) is 20.0 Å². The van der Waals surface area contributed by atoms with Crippen molar-refractivity contribution in [1.29, 1.82) is 0 Å². The summed E-state index contributed by atoms with van der Waals surface area (Å²) in [6, 6.07) is 17.5. The monoisotopic (exact) mass is 336 g/mol. The molecule has 0 radical (unpaired) electrons. The number of aromatic nitrogens is 3. The van der Waals surface area contributed by atoms with Gasteiger partial charge in [-0.25, -0.2) is 0 Å². The van der Waals surface area contributed by atoms with E-state index in [-0.39, 0.29) is 23.9 Å². The number of carbonyl (C=O) groups excluding carboxylic acids is 1. The summed E-state index contributed by atoms with van der Waals surface area (Å²) in [5.74, 6) is -0.334. The van der Waals surface area contributed by atoms with Crippen LogP contribution in [0.5, 0.6) is 0 Å². The third kappa shape index (κ3) is 3.92. The largest absolute Gasteiger partial charge is 0.390 e. The van der Waals surface area contributed by atoms with E-state index >= 15 is 0 Å². The molecule has 0 aliphatic heterocycles. The van der Waals surface area contributed by atoms with Crippen LogP contribution in [0.25, 0.3) is 5.69 Å². The molecule has 3 aromatic rings. The molecule has 1 aromatic heterocycles. The third-order valence-electron chi connectivity index (χ3n) is 3.92. The second kappa shape index (κ2) is 7.72. The van der Waals surface area contributed by atoms with Gasteiger partial charge >= 0.3 is 0 Å². The first kappa shape index (κ1) is 16.9. The van der Waals surface area contributed by atoms with Crippen LogP contribution in [0.2, 0.25) is 0 Å². The minimum Gasteiger partial charge on any atom is -0.390 e. The first-order chi connectivity index (χ1) is 12.2. The van der Waals surface area contributed by atoms with Crippen molar-refractivity contribution >= 4 is 5.91 Å². The van der Waals surface area contributed by atoms with E-state index in [2.05, 4.69) is 15.5 Å². The predicted octanol–water partition coefficient (Wildman–Crippen LogP) is 2.04. The standard InChI is InChI=1S/C19H20N4O2/c1-14-7-5-6-10-17(14)23-21-16(13-24)18(22-23)19(25)20-12-11-15-8-3-2-4-9-15/h2-10,24H,11-13H2,1H3,(H,20,25). The normalized spacial score (nSPS) is 10.6. The highest BCUT2D eigenvalue weighted by atomic mass is 16.3. The Balaban J connectivity index is 1.73. The molecule has 6 heteroatoms. The van der Waals surface area contributed by atoms with Crippen molar-refractivity contribution in [3.63, 3.8) is 0 Å². The SMILES string of the molecule is Cc1ccccc1-n1nc(CO)c(C(=O)NCCc2ccccc2)n1. The van der Waals surface area contributed by atoms with Crippen LogP contribution in [0, 0.1) is 6.92 Å². The number of aryl methyl sites for hydroxylation is 1. The first-order valence-corrected chi connectivity index (χ1v) is 8.14. The lowest BCUT2D eigenvalue weighted by Gasteiger charge is -2.04. The van der Waals surface area contributed by atoms with Crippen molar-refractivity contribution in [2.24, 2.45) is 0 Å². The van der Waals surface area contributed by atoms with E-state index in [1.54, 1.807) is 0 Å². The zero-order valence-electron chi connectivity index (χ0n) is 14.0. The Morgan fingerprint density at radius 3 is 2.52 bits per heavy atom. The number of hydrogen-bond donors (Lipinski definition) is 2. The number of aliphatic hydroxyl groups excluding tert-OH is 1. The van der Waals surface area contributed by atoms with Crippen LogP contribution in [-0.4, -0.2) is 32.6 Å². The van der Waals surface area contributed by atoms with E-state index in [0.717, 1.165) is 23.2 Å². The molecule has 3 rings (SSSR count). The molecule has 0 saturated heterocycles. The summed E-state index contributed by atoms with van der Waals surface area (Å²) in [7, 11) is 0. The van der Waals surface area contributed by atoms with Gasteiger partial charge in [-0.1, -0.05) is 48.5 Å². The van der Waals surface area contributed by atoms with E-state index in [4.69, 9.17) is 0 Å². The third-order valence-corrected chi connectivity index (χ3v) is 3.92. The molecular weight excluding hydrogens is 316 g/mol. The number of para-hydroxylation sites is 1. The van der Waals surface area contributed by atoms with E-state index in [1.807, 2.05) is 61.5 Å². The Morgan fingerprint density at radius 1 is 1.08 bits per heavy atom. The van der Waals surface area contributed by atoms with E-state index in [0.29, 0.717) is 6.54 Å². The van der Waals surface area contributed by atoms with E-state index in [9.17, 15) is 9.90 Å². The molecule has 1 heterocycles. The smallest absolute Gasteiger partial charge is 0.273 e. The lowest BCUT2D eigenvalue weighted by molar-refractivity contribution is 0.0945. The molecule has 0 atom stereocenters. The average molecular weight is 336 g/mol. The molecule has 128 valence electrons. The average Bonchev–Trinajstić information content (AvgIpc) is 3.07. The number of nitrogens with zero attached hydrogens (tertiary/aromatic N) is 3. The summed E-state index contributed by atoms with van der Waals surface area (Å²) in [5, 5.41) is 20.9. The van der Waals surface area contributed by atoms with Crippen molar-refractivity contribution in [1.82, 2.24) is 20.3 Å². The summed E-state index contributed by atoms with van der Waals surface area (Å²) in [5.41, 5.74) is 3.33. The molecule has 1 amide bonds. The molecule has 0 spiro atoms. The van der Waals surface area contributed by atoms with Gasteiger partial charge < -0.3 is 10.4 Å². The van der Waals surface area contributed by atoms with Crippen LogP contribution in [-0.2, 0) is 13.0 Å². The second-order valence-corrected chi connectivity index (χ2v) is 5.72. The maximum absolute atomic E-state index is 12.4. The van der Waals surface area contributed by atoms with Gasteiger partial charge in [0.2, 0.25) is 0 Å². The van der Waals surface area contributed by atoms with Gasteiger partial charge in [-0.3, -0.25) is 4.79 Å². The molecule has 0 saturated carbocycles. The Bertz CT molecular complexity index is 859. The number of hydrogen-bond acceptors (Lipinski definition) is 4. The first-order valence-electron chi connectivity index (χ1n) is 8.14. The van der Waals surface area contributed by atoms with Crippen LogP contribution in [0.1, 0.15) is 27.3 Å². The van der Waals surface area contributed by atoms with Gasteiger partial charge in [-0.2, -0.15) is 4.80 Å². The molecule has 0 unspecified atom stereocenters. The van der Waals surface area contributed by atoms with Gasteiger partial charge in [0, 0.05) is 6.54 Å². The second-order valence-electron chi connectivity index (χ2n) is 5.72. The van der Waals surface area contributed by atoms with E-state index in [1.165, 1.54) is 4.80 Å². The van der Waals surface area contributed by atoms with Crippen molar-refractivity contribution < 1.29 is 9.90 Å². The summed E-state index contributed by atoms with van der Waals surface area (Å²) in [6.45, 7) is 2.09. The van der Waals surface area contributed by atoms with Crippen molar-refractivity contribution in [2.75, 3.05) is 6.54 Å². The number of amides is 1. The lowest BCUT2D eigenvalue weighted by atomic mass is 10.1. The van der Waals surface area contributed by atoms with Gasteiger partial charge in [0.15, 0.2) is 5.69 Å². The van der Waals surface area contributed by atoms with Crippen molar-refractivity contribution in [3.05, 3.63) is 77.1 Å². The summed E-state index contributed by atoms with van der Waals surface area (Å²) < 4.78 is 0. The Kier molecular flexibility index (Phi) is 5.20. The van der Waals surface area contributed by atoms with Gasteiger partial charge in [0.25, 0.3) is 5.91 Å². The fourth-order valence-electron chi connectivity index (χ4n) is 2.56. The number of aliphatic hydroxyl groups is 1. The molecule has 0 aliphatic rings. The minimum atomic E-state index is -0.340. The topological polar surface area (TPSA) is 80.0 Å². The molecule has 2 aromatic carbocycles. The highest BCUT2D eigenvalue weighted by molar-refractivity contribution is 5.93. The zero-order chi connectivity index (χ0) is 17.6. The van der Waals surface area contributed by atoms with Gasteiger partial charge in [0.1, 0.15) is 5.69 Å². The maximum Gasteiger partial charge on any atom is 0.273 e. The molecule has 0 fully saturated rings. The predicted molar refractivity (Wildman–Crippen MR) is 94.5 cm³/mol. The maximum atomic E-state index is 12.4. The fraction of sp³-hybridized carbons (Fsp3) is 0.211. The highest BCUT2D eigenvalue weighted by Crippen LogP contribution is 2.13. The number of nitrogens with one attached hydrogen (secondary N) is 1. The Labute approximate surface area is 146 Å². The summed E-state index contributed by atoms with van der Waals surface area (Å²) in [4.78, 5) is 13.8. The van der Waals surface area contributed by atoms with Gasteiger partial charge in [-0.15, -0.1) is 10.2 Å². The molecule has 0 aliphatic carbocycles. The van der Waals surface area contributed by atoms with Crippen molar-refractivity contribution in [3.8, 4) is 5.69 Å². The van der Waals surface area contributed by atoms with Gasteiger partial charge in [0.05, 0.1) is 12.3 Å². The van der Waals surface area contributed by atoms with Crippen LogP contribution >= 0.6 is 0 Å². The van der Waals surface area contributed by atoms with Crippen LogP contribution in [0.3, 0.4) is 0 Å². The number of carbonyl (C=O) groups is 1. The fourth-order valence-corrected chi connectivity index (χ4v) is 2.56. The highest BCUT2D eigenvalue weighted by Gasteiger charge is 2.18. The summed E-state index contributed by atoms with van der Waals surface area (Å²) >= 11 is 0.